The average molecular weight is 858 g/mol. The molecule has 3 N–H and O–H groups in total. The third kappa shape index (κ3) is 13.5. The van der Waals surface area contributed by atoms with Crippen LogP contribution in [-0.4, -0.2) is 128 Å². The van der Waals surface area contributed by atoms with Gasteiger partial charge in [0.2, 0.25) is 0 Å². The molecular weight excluding hydrogens is 791 g/mol. The number of aliphatic hydroxyl groups excluding tert-OH is 2. The molecule has 2 aliphatic rings. The number of hydrogen-bond acceptors (Lipinski definition) is 13. The molecule has 0 saturated heterocycles. The Morgan fingerprint density at radius 2 is 1.06 bits per heavy atom. The lowest BCUT2D eigenvalue weighted by Crippen LogP contribution is -2.13. The maximum Gasteiger partial charge on any atom is 0.163 e. The predicted molar refractivity (Wildman–Crippen MR) is 244 cm³/mol. The summed E-state index contributed by atoms with van der Waals surface area (Å²) in [6, 6.07) is 7.89. The van der Waals surface area contributed by atoms with E-state index in [2.05, 4.69) is 51.7 Å². The molecule has 62 heavy (non-hydrogen) atoms. The highest BCUT2D eigenvalue weighted by Crippen LogP contribution is 2.38. The van der Waals surface area contributed by atoms with Gasteiger partial charge in [-0.1, -0.05) is 20.8 Å². The van der Waals surface area contributed by atoms with Gasteiger partial charge in [-0.05, 0) is 104 Å². The number of rotatable bonds is 27. The topological polar surface area (TPSA) is 172 Å². The van der Waals surface area contributed by atoms with Crippen molar-refractivity contribution in [1.82, 2.24) is 24.9 Å². The molecule has 14 nitrogen and oxygen atoms in total. The number of aryl methyl sites for hydroxylation is 2. The zero-order chi connectivity index (χ0) is 44.1. The van der Waals surface area contributed by atoms with Crippen molar-refractivity contribution in [1.29, 1.82) is 0 Å². The molecule has 0 amide bonds. The van der Waals surface area contributed by atoms with Crippen LogP contribution in [-0.2, 0) is 30.1 Å². The van der Waals surface area contributed by atoms with Crippen molar-refractivity contribution in [2.75, 3.05) is 93.0 Å². The van der Waals surface area contributed by atoms with Crippen molar-refractivity contribution < 1.29 is 43.4 Å². The third-order valence-corrected chi connectivity index (χ3v) is 10.7. The molecule has 4 heterocycles. The summed E-state index contributed by atoms with van der Waals surface area (Å²) in [5.41, 5.74) is 12.8. The summed E-state index contributed by atoms with van der Waals surface area (Å²) in [7, 11) is 1.64. The minimum absolute atomic E-state index is 0.0723. The summed E-state index contributed by atoms with van der Waals surface area (Å²) in [6.45, 7) is 15.5. The number of benzene rings is 1. The van der Waals surface area contributed by atoms with Crippen LogP contribution in [0.1, 0.15) is 100 Å². The van der Waals surface area contributed by atoms with Crippen molar-refractivity contribution in [3.8, 4) is 11.5 Å². The second-order valence-electron chi connectivity index (χ2n) is 15.0. The Bertz CT molecular complexity index is 2170. The Balaban J connectivity index is 1.67. The number of aromatic amines is 1. The first kappa shape index (κ1) is 48.5. The second-order valence-corrected chi connectivity index (χ2v) is 15.0. The molecule has 1 aromatic carbocycles. The fraction of sp³-hybridized carbons (Fsp3) is 0.542. The van der Waals surface area contributed by atoms with Gasteiger partial charge in [-0.2, -0.15) is 0 Å². The van der Waals surface area contributed by atoms with E-state index in [1.165, 1.54) is 11.1 Å². The van der Waals surface area contributed by atoms with Gasteiger partial charge in [0.25, 0.3) is 0 Å². The lowest BCUT2D eigenvalue weighted by Gasteiger charge is -2.14. The van der Waals surface area contributed by atoms with Crippen LogP contribution >= 0.6 is 0 Å². The molecule has 2 aromatic heterocycles. The van der Waals surface area contributed by atoms with E-state index in [4.69, 9.17) is 53.1 Å². The first-order chi connectivity index (χ1) is 30.4. The van der Waals surface area contributed by atoms with Crippen molar-refractivity contribution in [2.45, 2.75) is 79.6 Å². The van der Waals surface area contributed by atoms with Crippen LogP contribution in [0.2, 0.25) is 0 Å². The first-order valence-corrected chi connectivity index (χ1v) is 22.2. The Morgan fingerprint density at radius 3 is 1.65 bits per heavy atom. The van der Waals surface area contributed by atoms with Crippen molar-refractivity contribution in [3.05, 3.63) is 70.6 Å². The van der Waals surface area contributed by atoms with Crippen LogP contribution < -0.4 is 9.47 Å². The molecule has 0 aliphatic carbocycles. The Labute approximate surface area is 366 Å². The minimum atomic E-state index is 0.0723. The van der Waals surface area contributed by atoms with Gasteiger partial charge >= 0.3 is 0 Å². The number of hydrogen-bond donors (Lipinski definition) is 3. The number of H-pyrrole nitrogens is 1. The Hall–Kier alpha value is -4.54. The molecular formula is C48H67N5O9. The molecule has 6 bridgehead atoms. The summed E-state index contributed by atoms with van der Waals surface area (Å²) in [4.78, 5) is 24.1. The van der Waals surface area contributed by atoms with Gasteiger partial charge in [0.15, 0.2) is 11.5 Å². The highest BCUT2D eigenvalue weighted by Gasteiger charge is 2.22. The van der Waals surface area contributed by atoms with Crippen LogP contribution in [0, 0.1) is 6.92 Å². The molecule has 0 spiro atoms. The fourth-order valence-electron chi connectivity index (χ4n) is 7.41. The van der Waals surface area contributed by atoms with Crippen LogP contribution in [0.4, 0.5) is 0 Å². The highest BCUT2D eigenvalue weighted by atomic mass is 16.6. The number of nitrogens with one attached hydrogen (secondary N) is 1. The van der Waals surface area contributed by atoms with Crippen LogP contribution in [0.5, 0.6) is 11.5 Å². The molecule has 0 unspecified atom stereocenters. The molecule has 5 rings (SSSR count). The third-order valence-electron chi connectivity index (χ3n) is 10.7. The number of ether oxygens (including phenoxy) is 7. The minimum Gasteiger partial charge on any atom is -0.487 e. The van der Waals surface area contributed by atoms with Crippen LogP contribution in [0.3, 0.4) is 0 Å². The van der Waals surface area contributed by atoms with Crippen molar-refractivity contribution >= 4 is 44.4 Å². The summed E-state index contributed by atoms with van der Waals surface area (Å²) in [5.74, 6) is 0.966. The lowest BCUT2D eigenvalue weighted by atomic mass is 9.98. The molecule has 0 saturated carbocycles. The molecule has 0 radical (unpaired) electrons. The van der Waals surface area contributed by atoms with Gasteiger partial charge in [0, 0.05) is 44.6 Å². The van der Waals surface area contributed by atoms with E-state index in [1.807, 2.05) is 18.3 Å². The molecule has 2 aliphatic heterocycles. The first-order valence-electron chi connectivity index (χ1n) is 22.2. The SMILES string of the molecule is CCCOCCOCCOc1cc2ncc3[nH]c(cc4nc(cc5nc(cnc2cc1OCCOCCOCCOC)C(C)=C5CCCO)C(CC)=C4CC)c(CCCO)c3C. The van der Waals surface area contributed by atoms with E-state index in [-0.39, 0.29) is 26.4 Å². The summed E-state index contributed by atoms with van der Waals surface area (Å²) in [6.07, 6.45) is 8.76. The molecule has 14 heteroatoms. The number of methoxy groups -OCH3 is 1. The van der Waals surface area contributed by atoms with E-state index in [0.29, 0.717) is 108 Å². The number of fused-ring (bicyclic) bond motifs is 7. The molecule has 3 aromatic rings. The standard InChI is InChI=1S/C48H67N5O9/c1-7-16-57-19-20-59-23-25-61-47-29-43-44(30-48(47)62-26-24-60-22-21-58-18-17-56-6)50-32-46-34(5)38(13-11-15-55)42(53-46)28-40-36(9-3)35(8-2)39(51-40)27-41-37(12-10-14-54)33(4)45(52-41)31-49-43/h27-32,52,54-55H,7-26H2,1-6H3. The fourth-order valence-corrected chi connectivity index (χ4v) is 7.41. The quantitative estimate of drug-likeness (QED) is 0.0633. The van der Waals surface area contributed by atoms with Gasteiger partial charge in [-0.15, -0.1) is 0 Å². The van der Waals surface area contributed by atoms with Crippen molar-refractivity contribution in [2.24, 2.45) is 0 Å². The lowest BCUT2D eigenvalue weighted by molar-refractivity contribution is 0.0175. The zero-order valence-corrected chi connectivity index (χ0v) is 37.6. The normalized spacial score (nSPS) is 12.7. The van der Waals surface area contributed by atoms with Gasteiger partial charge in [-0.3, -0.25) is 9.97 Å². The highest BCUT2D eigenvalue weighted by molar-refractivity contribution is 5.95. The maximum absolute atomic E-state index is 9.86. The predicted octanol–water partition coefficient (Wildman–Crippen LogP) is 7.89. The van der Waals surface area contributed by atoms with E-state index >= 15 is 0 Å². The Morgan fingerprint density at radius 1 is 0.548 bits per heavy atom. The summed E-state index contributed by atoms with van der Waals surface area (Å²) in [5, 5.41) is 19.7. The number of aromatic nitrogens is 5. The van der Waals surface area contributed by atoms with Gasteiger partial charge < -0.3 is 48.4 Å². The van der Waals surface area contributed by atoms with E-state index in [1.54, 1.807) is 13.3 Å². The maximum atomic E-state index is 9.86. The zero-order valence-electron chi connectivity index (χ0n) is 37.6. The Kier molecular flexibility index (Phi) is 20.5. The summed E-state index contributed by atoms with van der Waals surface area (Å²) < 4.78 is 40.3. The molecule has 0 fully saturated rings. The number of aliphatic hydroxyl groups is 2. The average Bonchev–Trinajstić information content (AvgIpc) is 3.88. The monoisotopic (exact) mass is 857 g/mol. The number of allylic oxidation sites excluding steroid dienone is 4. The summed E-state index contributed by atoms with van der Waals surface area (Å²) >= 11 is 0. The van der Waals surface area contributed by atoms with Crippen molar-refractivity contribution in [3.63, 3.8) is 0 Å². The van der Waals surface area contributed by atoms with E-state index in [0.717, 1.165) is 75.3 Å². The smallest absolute Gasteiger partial charge is 0.163 e. The van der Waals surface area contributed by atoms with E-state index in [9.17, 15) is 10.2 Å². The van der Waals surface area contributed by atoms with Gasteiger partial charge in [-0.25, -0.2) is 9.97 Å². The van der Waals surface area contributed by atoms with E-state index < -0.39 is 0 Å². The molecule has 338 valence electrons. The van der Waals surface area contributed by atoms with Crippen LogP contribution in [0.25, 0.3) is 44.4 Å². The van der Waals surface area contributed by atoms with Gasteiger partial charge in [0.05, 0.1) is 105 Å². The van der Waals surface area contributed by atoms with Crippen LogP contribution in [0.15, 0.2) is 36.7 Å². The second kappa shape index (κ2) is 26.2. The largest absolute Gasteiger partial charge is 0.487 e. The molecule has 0 atom stereocenters. The van der Waals surface area contributed by atoms with Gasteiger partial charge in [0.1, 0.15) is 13.2 Å². The number of nitrogens with zero attached hydrogens (tertiary/aromatic N) is 4.